The average molecular weight is 292 g/mol. The summed E-state index contributed by atoms with van der Waals surface area (Å²) in [6, 6.07) is 0.203. The van der Waals surface area contributed by atoms with Crippen LogP contribution in [0.2, 0.25) is 0 Å². The van der Waals surface area contributed by atoms with Gasteiger partial charge < -0.3 is 10.6 Å². The van der Waals surface area contributed by atoms with Crippen LogP contribution in [0.3, 0.4) is 0 Å². The molecule has 2 fully saturated rings. The van der Waals surface area contributed by atoms with E-state index in [0.717, 1.165) is 25.7 Å². The molecule has 0 aromatic heterocycles. The van der Waals surface area contributed by atoms with Crippen molar-refractivity contribution in [2.24, 2.45) is 23.0 Å². The van der Waals surface area contributed by atoms with Gasteiger partial charge >= 0.3 is 0 Å². The van der Waals surface area contributed by atoms with Crippen LogP contribution < -0.4 is 5.73 Å². The zero-order chi connectivity index (χ0) is 15.8. The lowest BCUT2D eigenvalue weighted by Crippen LogP contribution is -2.45. The van der Waals surface area contributed by atoms with E-state index in [1.54, 1.807) is 4.90 Å². The van der Waals surface area contributed by atoms with Crippen LogP contribution in [0.4, 0.5) is 0 Å². The number of hydrogen-bond donors (Lipinski definition) is 1. The highest BCUT2D eigenvalue weighted by Crippen LogP contribution is 2.60. The Hall–Kier alpha value is -1.32. The summed E-state index contributed by atoms with van der Waals surface area (Å²) < 4.78 is 0. The minimum absolute atomic E-state index is 0.00708. The number of primary amides is 1. The summed E-state index contributed by atoms with van der Waals surface area (Å²) in [6.07, 6.45) is 6.47. The number of carbonyl (C=O) groups is 2. The third-order valence-electron chi connectivity index (χ3n) is 5.06. The van der Waals surface area contributed by atoms with Crippen LogP contribution in [0.5, 0.6) is 0 Å². The number of carbonyl (C=O) groups excluding carboxylic acids is 2. The van der Waals surface area contributed by atoms with Gasteiger partial charge in [-0.3, -0.25) is 9.59 Å². The zero-order valence-corrected chi connectivity index (χ0v) is 13.7. The smallest absolute Gasteiger partial charge is 0.237 e. The van der Waals surface area contributed by atoms with Gasteiger partial charge in [-0.05, 0) is 38.0 Å². The fourth-order valence-electron chi connectivity index (χ4n) is 3.77. The Morgan fingerprint density at radius 3 is 2.29 bits per heavy atom. The maximum absolute atomic E-state index is 12.9. The van der Waals surface area contributed by atoms with Gasteiger partial charge in [0.15, 0.2) is 0 Å². The molecule has 4 nitrogen and oxygen atoms in total. The number of nitrogens with zero attached hydrogens (tertiary/aromatic N) is 1. The molecule has 2 aliphatic rings. The molecule has 2 aliphatic carbocycles. The standard InChI is InChI=1S/C17H28N2O2/c1-11(2)9-13-15(17(13,3)4)16(21)19(10-14(18)20)12-7-5-6-8-12/h9,12-13,15H,5-8,10H2,1-4H3,(H2,18,20). The second-order valence-electron chi connectivity index (χ2n) is 7.44. The zero-order valence-electron chi connectivity index (χ0n) is 13.7. The number of allylic oxidation sites excluding steroid dienone is 2. The maximum Gasteiger partial charge on any atom is 0.237 e. The predicted octanol–water partition coefficient (Wildman–Crippen LogP) is 2.48. The first-order valence-electron chi connectivity index (χ1n) is 7.99. The van der Waals surface area contributed by atoms with E-state index in [1.165, 1.54) is 5.57 Å². The molecule has 0 aliphatic heterocycles. The summed E-state index contributed by atoms with van der Waals surface area (Å²) in [6.45, 7) is 8.47. The number of nitrogens with two attached hydrogens (primary N) is 1. The lowest BCUT2D eigenvalue weighted by molar-refractivity contribution is -0.139. The second-order valence-corrected chi connectivity index (χ2v) is 7.44. The number of amides is 2. The third-order valence-corrected chi connectivity index (χ3v) is 5.06. The number of rotatable bonds is 5. The van der Waals surface area contributed by atoms with Crippen molar-refractivity contribution in [2.45, 2.75) is 59.4 Å². The predicted molar refractivity (Wildman–Crippen MR) is 83.4 cm³/mol. The van der Waals surface area contributed by atoms with Crippen molar-refractivity contribution in [2.75, 3.05) is 6.54 Å². The Balaban J connectivity index is 2.15. The first-order valence-corrected chi connectivity index (χ1v) is 7.99. The molecule has 0 radical (unpaired) electrons. The van der Waals surface area contributed by atoms with E-state index in [9.17, 15) is 9.59 Å². The first kappa shape index (κ1) is 16.1. The van der Waals surface area contributed by atoms with Gasteiger partial charge in [-0.1, -0.05) is 38.3 Å². The highest BCUT2D eigenvalue weighted by Gasteiger charge is 2.61. The molecule has 2 rings (SSSR count). The van der Waals surface area contributed by atoms with E-state index < -0.39 is 5.91 Å². The summed E-state index contributed by atoms with van der Waals surface area (Å²) in [4.78, 5) is 26.0. The molecule has 2 amide bonds. The molecule has 0 heterocycles. The fourth-order valence-corrected chi connectivity index (χ4v) is 3.77. The average Bonchev–Trinajstić information content (AvgIpc) is 2.79. The Kier molecular flexibility index (Phi) is 4.45. The molecule has 2 atom stereocenters. The molecule has 2 N–H and O–H groups in total. The summed E-state index contributed by atoms with van der Waals surface area (Å²) in [5.41, 5.74) is 6.59. The minimum atomic E-state index is -0.410. The van der Waals surface area contributed by atoms with Gasteiger partial charge in [-0.2, -0.15) is 0 Å². The highest BCUT2D eigenvalue weighted by atomic mass is 16.2. The molecule has 2 saturated carbocycles. The maximum atomic E-state index is 12.9. The fraction of sp³-hybridized carbons (Fsp3) is 0.765. The lowest BCUT2D eigenvalue weighted by atomic mass is 10.1. The van der Waals surface area contributed by atoms with Crippen LogP contribution in [-0.2, 0) is 9.59 Å². The molecular formula is C17H28N2O2. The molecule has 2 unspecified atom stereocenters. The topological polar surface area (TPSA) is 63.4 Å². The molecular weight excluding hydrogens is 264 g/mol. The largest absolute Gasteiger partial charge is 0.368 e. The molecule has 21 heavy (non-hydrogen) atoms. The van der Waals surface area contributed by atoms with E-state index in [0.29, 0.717) is 0 Å². The summed E-state index contributed by atoms with van der Waals surface area (Å²) in [5.74, 6) is -0.0141. The van der Waals surface area contributed by atoms with Crippen LogP contribution >= 0.6 is 0 Å². The van der Waals surface area contributed by atoms with E-state index in [-0.39, 0.29) is 35.7 Å². The lowest BCUT2D eigenvalue weighted by Gasteiger charge is -2.28. The van der Waals surface area contributed by atoms with Crippen molar-refractivity contribution in [1.82, 2.24) is 4.90 Å². The van der Waals surface area contributed by atoms with Crippen molar-refractivity contribution in [1.29, 1.82) is 0 Å². The molecule has 0 aromatic carbocycles. The van der Waals surface area contributed by atoms with E-state index in [2.05, 4.69) is 33.8 Å². The quantitative estimate of drug-likeness (QED) is 0.791. The van der Waals surface area contributed by atoms with Crippen molar-refractivity contribution < 1.29 is 9.59 Å². The summed E-state index contributed by atoms with van der Waals surface area (Å²) >= 11 is 0. The van der Waals surface area contributed by atoms with Gasteiger partial charge in [0.2, 0.25) is 11.8 Å². The van der Waals surface area contributed by atoms with Gasteiger partial charge in [0.1, 0.15) is 0 Å². The van der Waals surface area contributed by atoms with E-state index in [1.807, 2.05) is 0 Å². The van der Waals surface area contributed by atoms with Gasteiger partial charge in [0, 0.05) is 6.04 Å². The molecule has 0 bridgehead atoms. The molecule has 4 heteroatoms. The van der Waals surface area contributed by atoms with E-state index in [4.69, 9.17) is 5.73 Å². The Morgan fingerprint density at radius 2 is 1.81 bits per heavy atom. The minimum Gasteiger partial charge on any atom is -0.368 e. The van der Waals surface area contributed by atoms with Crippen molar-refractivity contribution in [3.63, 3.8) is 0 Å². The summed E-state index contributed by atoms with van der Waals surface area (Å²) in [5, 5.41) is 0. The normalized spacial score (nSPS) is 27.2. The van der Waals surface area contributed by atoms with Crippen molar-refractivity contribution in [3.05, 3.63) is 11.6 Å². The monoisotopic (exact) mass is 292 g/mol. The second kappa shape index (κ2) is 5.82. The van der Waals surface area contributed by atoms with Crippen LogP contribution in [0.1, 0.15) is 53.4 Å². The van der Waals surface area contributed by atoms with Crippen LogP contribution in [0, 0.1) is 17.3 Å². The Bertz CT molecular complexity index is 457. The van der Waals surface area contributed by atoms with E-state index >= 15 is 0 Å². The molecule has 0 aromatic rings. The molecule has 0 saturated heterocycles. The van der Waals surface area contributed by atoms with Crippen LogP contribution in [0.25, 0.3) is 0 Å². The van der Waals surface area contributed by atoms with Gasteiger partial charge in [0.05, 0.1) is 12.5 Å². The third kappa shape index (κ3) is 3.30. The van der Waals surface area contributed by atoms with Crippen molar-refractivity contribution in [3.8, 4) is 0 Å². The van der Waals surface area contributed by atoms with Gasteiger partial charge in [0.25, 0.3) is 0 Å². The first-order chi connectivity index (χ1) is 9.75. The van der Waals surface area contributed by atoms with Crippen molar-refractivity contribution >= 4 is 11.8 Å². The molecule has 0 spiro atoms. The Labute approximate surface area is 127 Å². The summed E-state index contributed by atoms with van der Waals surface area (Å²) in [7, 11) is 0. The molecule has 118 valence electrons. The van der Waals surface area contributed by atoms with Gasteiger partial charge in [-0.15, -0.1) is 0 Å². The SMILES string of the molecule is CC(C)=CC1C(C(=O)N(CC(N)=O)C2CCCC2)C1(C)C. The van der Waals surface area contributed by atoms with Crippen LogP contribution in [0.15, 0.2) is 11.6 Å². The highest BCUT2D eigenvalue weighted by molar-refractivity contribution is 5.88. The number of hydrogen-bond acceptors (Lipinski definition) is 2. The van der Waals surface area contributed by atoms with Crippen LogP contribution in [-0.4, -0.2) is 29.3 Å². The Morgan fingerprint density at radius 1 is 1.24 bits per heavy atom. The van der Waals surface area contributed by atoms with Gasteiger partial charge in [-0.25, -0.2) is 0 Å².